The molecule has 1 amide bonds. The third kappa shape index (κ3) is 3.20. The Morgan fingerprint density at radius 2 is 2.18 bits per heavy atom. The van der Waals surface area contributed by atoms with Crippen molar-refractivity contribution in [3.63, 3.8) is 0 Å². The number of nitrogens with two attached hydrogens (primary N) is 1. The normalized spacial score (nSPS) is 14.9. The third-order valence-corrected chi connectivity index (χ3v) is 3.13. The highest BCUT2D eigenvalue weighted by molar-refractivity contribution is 5.99. The zero-order valence-electron chi connectivity index (χ0n) is 10.1. The predicted molar refractivity (Wildman–Crippen MR) is 68.8 cm³/mol. The molecule has 0 unspecified atom stereocenters. The molecule has 0 heterocycles. The van der Waals surface area contributed by atoms with Gasteiger partial charge in [0.2, 0.25) is 0 Å². The Morgan fingerprint density at radius 3 is 2.82 bits per heavy atom. The number of benzene rings is 1. The van der Waals surface area contributed by atoms with Gasteiger partial charge in [-0.1, -0.05) is 12.1 Å². The van der Waals surface area contributed by atoms with Crippen LogP contribution in [0.2, 0.25) is 0 Å². The highest BCUT2D eigenvalue weighted by Crippen LogP contribution is 2.24. The second-order valence-electron chi connectivity index (χ2n) is 4.55. The van der Waals surface area contributed by atoms with Crippen LogP contribution in [0.5, 0.6) is 0 Å². The summed E-state index contributed by atoms with van der Waals surface area (Å²) in [4.78, 5) is 14.1. The molecule has 1 aromatic rings. The topological polar surface area (TPSA) is 58.4 Å². The number of carbonyl (C=O) groups is 1. The first-order valence-electron chi connectivity index (χ1n) is 6.01. The molecule has 0 spiro atoms. The highest BCUT2D eigenvalue weighted by Gasteiger charge is 2.25. The number of amides is 1. The molecule has 1 fully saturated rings. The second-order valence-corrected chi connectivity index (χ2v) is 4.55. The van der Waals surface area contributed by atoms with E-state index in [1.165, 1.54) is 12.8 Å². The van der Waals surface area contributed by atoms with E-state index < -0.39 is 0 Å². The highest BCUT2D eigenvalue weighted by atomic mass is 16.1. The first kappa shape index (κ1) is 11.9. The molecule has 3 N–H and O–H groups in total. The zero-order valence-corrected chi connectivity index (χ0v) is 10.1. The van der Waals surface area contributed by atoms with Crippen LogP contribution in [0.3, 0.4) is 0 Å². The summed E-state index contributed by atoms with van der Waals surface area (Å²) in [6.45, 7) is 1.56. The molecule has 0 radical (unpaired) electrons. The van der Waals surface area contributed by atoms with Crippen LogP contribution in [0, 0.1) is 0 Å². The lowest BCUT2D eigenvalue weighted by molar-refractivity contribution is 0.0950. The summed E-state index contributed by atoms with van der Waals surface area (Å²) < 4.78 is 0. The molecule has 0 atom stereocenters. The van der Waals surface area contributed by atoms with Crippen molar-refractivity contribution in [1.82, 2.24) is 10.2 Å². The summed E-state index contributed by atoms with van der Waals surface area (Å²) in [5.74, 6) is -0.0905. The Morgan fingerprint density at radius 1 is 1.47 bits per heavy atom. The molecule has 1 aliphatic carbocycles. The van der Waals surface area contributed by atoms with Crippen LogP contribution in [-0.2, 0) is 0 Å². The van der Waals surface area contributed by atoms with Gasteiger partial charge in [-0.3, -0.25) is 4.79 Å². The number of rotatable bonds is 5. The predicted octanol–water partition coefficient (Wildman–Crippen LogP) is 1.09. The van der Waals surface area contributed by atoms with Gasteiger partial charge in [0.1, 0.15) is 0 Å². The summed E-state index contributed by atoms with van der Waals surface area (Å²) in [6.07, 6.45) is 2.58. The van der Waals surface area contributed by atoms with Crippen LogP contribution >= 0.6 is 0 Å². The van der Waals surface area contributed by atoms with Gasteiger partial charge in [0.25, 0.3) is 5.91 Å². The SMILES string of the molecule is CN(CCNC(=O)c1ccccc1N)C1CC1. The van der Waals surface area contributed by atoms with Gasteiger partial charge in [-0.05, 0) is 32.0 Å². The number of nitrogens with zero attached hydrogens (tertiary/aromatic N) is 1. The molecule has 0 aromatic heterocycles. The van der Waals surface area contributed by atoms with Crippen molar-refractivity contribution in [3.05, 3.63) is 29.8 Å². The maximum absolute atomic E-state index is 11.8. The van der Waals surface area contributed by atoms with E-state index in [2.05, 4.69) is 17.3 Å². The Kier molecular flexibility index (Phi) is 3.64. The summed E-state index contributed by atoms with van der Waals surface area (Å²) in [5.41, 5.74) is 6.83. The molecule has 92 valence electrons. The van der Waals surface area contributed by atoms with E-state index in [0.717, 1.165) is 12.6 Å². The lowest BCUT2D eigenvalue weighted by atomic mass is 10.1. The molecule has 0 aliphatic heterocycles. The lowest BCUT2D eigenvalue weighted by Crippen LogP contribution is -2.34. The Bertz CT molecular complexity index is 401. The molecular weight excluding hydrogens is 214 g/mol. The minimum Gasteiger partial charge on any atom is -0.398 e. The van der Waals surface area contributed by atoms with Gasteiger partial charge in [-0.2, -0.15) is 0 Å². The number of nitrogens with one attached hydrogen (secondary N) is 1. The maximum atomic E-state index is 11.8. The van der Waals surface area contributed by atoms with Crippen molar-refractivity contribution >= 4 is 11.6 Å². The standard InChI is InChI=1S/C13H19N3O/c1-16(10-6-7-10)9-8-15-13(17)11-4-2-3-5-12(11)14/h2-5,10H,6-9,14H2,1H3,(H,15,17). The van der Waals surface area contributed by atoms with E-state index in [0.29, 0.717) is 17.8 Å². The summed E-state index contributed by atoms with van der Waals surface area (Å²) in [7, 11) is 2.10. The molecule has 4 nitrogen and oxygen atoms in total. The second kappa shape index (κ2) is 5.19. The van der Waals surface area contributed by atoms with Gasteiger partial charge < -0.3 is 16.0 Å². The van der Waals surface area contributed by atoms with Crippen LogP contribution in [0.4, 0.5) is 5.69 Å². The van der Waals surface area contributed by atoms with Crippen LogP contribution in [0.15, 0.2) is 24.3 Å². The largest absolute Gasteiger partial charge is 0.398 e. The average Bonchev–Trinajstić information content (AvgIpc) is 3.13. The van der Waals surface area contributed by atoms with E-state index >= 15 is 0 Å². The number of para-hydroxylation sites is 1. The Balaban J connectivity index is 1.79. The van der Waals surface area contributed by atoms with E-state index in [-0.39, 0.29) is 5.91 Å². The van der Waals surface area contributed by atoms with Gasteiger partial charge in [0.05, 0.1) is 5.56 Å². The first-order valence-corrected chi connectivity index (χ1v) is 6.01. The van der Waals surface area contributed by atoms with Crippen LogP contribution in [-0.4, -0.2) is 37.0 Å². The molecule has 1 aliphatic rings. The Hall–Kier alpha value is -1.55. The van der Waals surface area contributed by atoms with Gasteiger partial charge in [0.15, 0.2) is 0 Å². The van der Waals surface area contributed by atoms with Gasteiger partial charge >= 0.3 is 0 Å². The van der Waals surface area contributed by atoms with E-state index in [1.54, 1.807) is 12.1 Å². The molecule has 1 aromatic carbocycles. The molecule has 2 rings (SSSR count). The first-order chi connectivity index (χ1) is 8.18. The molecule has 4 heteroatoms. The van der Waals surface area contributed by atoms with Crippen molar-refractivity contribution in [3.8, 4) is 0 Å². The molecule has 17 heavy (non-hydrogen) atoms. The van der Waals surface area contributed by atoms with Crippen molar-refractivity contribution in [1.29, 1.82) is 0 Å². The summed E-state index contributed by atoms with van der Waals surface area (Å²) >= 11 is 0. The van der Waals surface area contributed by atoms with Gasteiger partial charge in [-0.25, -0.2) is 0 Å². The van der Waals surface area contributed by atoms with Gasteiger partial charge in [0, 0.05) is 24.8 Å². The van der Waals surface area contributed by atoms with E-state index in [1.807, 2.05) is 12.1 Å². The summed E-state index contributed by atoms with van der Waals surface area (Å²) in [5, 5.41) is 2.89. The van der Waals surface area contributed by atoms with E-state index in [4.69, 9.17) is 5.73 Å². The number of anilines is 1. The molecule has 1 saturated carbocycles. The van der Waals surface area contributed by atoms with Crippen molar-refractivity contribution in [2.24, 2.45) is 0 Å². The molecular formula is C13H19N3O. The lowest BCUT2D eigenvalue weighted by Gasteiger charge is -2.15. The fourth-order valence-corrected chi connectivity index (χ4v) is 1.84. The number of hydrogen-bond donors (Lipinski definition) is 2. The smallest absolute Gasteiger partial charge is 0.253 e. The van der Waals surface area contributed by atoms with Crippen LogP contribution in [0.25, 0.3) is 0 Å². The third-order valence-electron chi connectivity index (χ3n) is 3.13. The minimum atomic E-state index is -0.0905. The van der Waals surface area contributed by atoms with Crippen LogP contribution in [0.1, 0.15) is 23.2 Å². The van der Waals surface area contributed by atoms with Crippen molar-refractivity contribution in [2.45, 2.75) is 18.9 Å². The Labute approximate surface area is 102 Å². The fourth-order valence-electron chi connectivity index (χ4n) is 1.84. The maximum Gasteiger partial charge on any atom is 0.253 e. The average molecular weight is 233 g/mol. The molecule has 0 bridgehead atoms. The van der Waals surface area contributed by atoms with Crippen molar-refractivity contribution < 1.29 is 4.79 Å². The number of carbonyl (C=O) groups excluding carboxylic acids is 1. The van der Waals surface area contributed by atoms with Gasteiger partial charge in [-0.15, -0.1) is 0 Å². The minimum absolute atomic E-state index is 0.0905. The number of nitrogen functional groups attached to an aromatic ring is 1. The summed E-state index contributed by atoms with van der Waals surface area (Å²) in [6, 6.07) is 7.86. The quantitative estimate of drug-likeness (QED) is 0.749. The molecule has 0 saturated heterocycles. The number of likely N-dealkylation sites (N-methyl/N-ethyl adjacent to an activating group) is 1. The van der Waals surface area contributed by atoms with Crippen molar-refractivity contribution in [2.75, 3.05) is 25.9 Å². The zero-order chi connectivity index (χ0) is 12.3. The fraction of sp³-hybridized carbons (Fsp3) is 0.462. The monoisotopic (exact) mass is 233 g/mol. The number of hydrogen-bond acceptors (Lipinski definition) is 3. The van der Waals surface area contributed by atoms with Crippen LogP contribution < -0.4 is 11.1 Å². The van der Waals surface area contributed by atoms with E-state index in [9.17, 15) is 4.79 Å².